The number of hydrogen-bond acceptors (Lipinski definition) is 2. The molecule has 0 amide bonds. The third-order valence-corrected chi connectivity index (χ3v) is 4.09. The summed E-state index contributed by atoms with van der Waals surface area (Å²) >= 11 is 0. The van der Waals surface area contributed by atoms with Crippen LogP contribution >= 0.6 is 0 Å². The Morgan fingerprint density at radius 3 is 2.71 bits per heavy atom. The molecule has 2 fully saturated rings. The van der Waals surface area contributed by atoms with E-state index < -0.39 is 0 Å². The highest BCUT2D eigenvalue weighted by Crippen LogP contribution is 2.22. The second kappa shape index (κ2) is 4.63. The first-order valence-corrected chi connectivity index (χ1v) is 6.22. The molecule has 2 heteroatoms. The van der Waals surface area contributed by atoms with Crippen LogP contribution in [0.1, 0.15) is 33.1 Å². The molecule has 2 saturated heterocycles. The molecule has 0 spiro atoms. The van der Waals surface area contributed by atoms with E-state index in [0.29, 0.717) is 0 Å². The molecule has 3 atom stereocenters. The predicted octanol–water partition coefficient (Wildman–Crippen LogP) is 1.72. The Hall–Kier alpha value is -0.0800. The second-order valence-electron chi connectivity index (χ2n) is 5.24. The van der Waals surface area contributed by atoms with Crippen molar-refractivity contribution in [3.8, 4) is 0 Å². The quantitative estimate of drug-likeness (QED) is 0.723. The predicted molar refractivity (Wildman–Crippen MR) is 60.4 cm³/mol. The van der Waals surface area contributed by atoms with Gasteiger partial charge in [-0.25, -0.2) is 0 Å². The van der Waals surface area contributed by atoms with Crippen LogP contribution in [0.4, 0.5) is 0 Å². The lowest BCUT2D eigenvalue weighted by Crippen LogP contribution is -2.41. The van der Waals surface area contributed by atoms with Gasteiger partial charge in [-0.2, -0.15) is 0 Å². The molecule has 0 aromatic heterocycles. The molecule has 82 valence electrons. The zero-order chi connectivity index (χ0) is 9.97. The van der Waals surface area contributed by atoms with Gasteiger partial charge < -0.3 is 10.2 Å². The van der Waals surface area contributed by atoms with Gasteiger partial charge in [-0.1, -0.05) is 13.3 Å². The fourth-order valence-corrected chi connectivity index (χ4v) is 2.84. The molecular formula is C12H24N2. The average molecular weight is 196 g/mol. The first-order valence-electron chi connectivity index (χ1n) is 6.22. The highest BCUT2D eigenvalue weighted by atomic mass is 15.2. The number of hydrogen-bond donors (Lipinski definition) is 1. The van der Waals surface area contributed by atoms with Crippen molar-refractivity contribution in [3.05, 3.63) is 0 Å². The Morgan fingerprint density at radius 1 is 1.21 bits per heavy atom. The van der Waals surface area contributed by atoms with Gasteiger partial charge in [0.1, 0.15) is 0 Å². The molecule has 14 heavy (non-hydrogen) atoms. The van der Waals surface area contributed by atoms with Crippen LogP contribution in [-0.2, 0) is 0 Å². The first kappa shape index (κ1) is 10.4. The number of nitrogens with zero attached hydrogens (tertiary/aromatic N) is 1. The van der Waals surface area contributed by atoms with Crippen molar-refractivity contribution in [3.63, 3.8) is 0 Å². The van der Waals surface area contributed by atoms with Gasteiger partial charge in [-0.05, 0) is 51.2 Å². The maximum Gasteiger partial charge on any atom is 0.00670 e. The van der Waals surface area contributed by atoms with Crippen LogP contribution in [0, 0.1) is 11.8 Å². The zero-order valence-electron chi connectivity index (χ0n) is 9.63. The first-order chi connectivity index (χ1) is 6.77. The molecule has 0 radical (unpaired) electrons. The summed E-state index contributed by atoms with van der Waals surface area (Å²) in [5.74, 6) is 1.78. The fraction of sp³-hybridized carbons (Fsp3) is 1.00. The van der Waals surface area contributed by atoms with Gasteiger partial charge in [0.2, 0.25) is 0 Å². The van der Waals surface area contributed by atoms with Gasteiger partial charge in [-0.15, -0.1) is 0 Å². The van der Waals surface area contributed by atoms with E-state index in [4.69, 9.17) is 0 Å². The van der Waals surface area contributed by atoms with Gasteiger partial charge >= 0.3 is 0 Å². The van der Waals surface area contributed by atoms with E-state index in [0.717, 1.165) is 17.9 Å². The molecule has 2 heterocycles. The number of likely N-dealkylation sites (tertiary alicyclic amines) is 1. The fourth-order valence-electron chi connectivity index (χ4n) is 2.84. The molecule has 0 aliphatic carbocycles. The third-order valence-electron chi connectivity index (χ3n) is 4.09. The Bertz CT molecular complexity index is 181. The summed E-state index contributed by atoms with van der Waals surface area (Å²) in [6.07, 6.45) is 4.27. The molecule has 2 nitrogen and oxygen atoms in total. The summed E-state index contributed by atoms with van der Waals surface area (Å²) in [6, 6.07) is 0.830. The molecule has 2 aliphatic rings. The van der Waals surface area contributed by atoms with Crippen molar-refractivity contribution >= 4 is 0 Å². The Labute approximate surface area is 88.1 Å². The molecule has 0 bridgehead atoms. The van der Waals surface area contributed by atoms with E-state index in [1.165, 1.54) is 45.4 Å². The van der Waals surface area contributed by atoms with Crippen LogP contribution in [0.2, 0.25) is 0 Å². The molecule has 0 aromatic rings. The van der Waals surface area contributed by atoms with Gasteiger partial charge in [-0.3, -0.25) is 0 Å². The van der Waals surface area contributed by atoms with Gasteiger partial charge in [0.15, 0.2) is 0 Å². The third kappa shape index (κ3) is 2.29. The number of rotatable bonds is 2. The van der Waals surface area contributed by atoms with Crippen LogP contribution in [0.25, 0.3) is 0 Å². The van der Waals surface area contributed by atoms with Crippen molar-refractivity contribution < 1.29 is 0 Å². The largest absolute Gasteiger partial charge is 0.316 e. The lowest BCUT2D eigenvalue weighted by Gasteiger charge is -2.35. The topological polar surface area (TPSA) is 15.3 Å². The molecule has 2 rings (SSSR count). The highest BCUT2D eigenvalue weighted by molar-refractivity contribution is 4.83. The van der Waals surface area contributed by atoms with Crippen molar-refractivity contribution in [2.24, 2.45) is 11.8 Å². The molecule has 0 aromatic carbocycles. The average Bonchev–Trinajstić information content (AvgIpc) is 2.56. The van der Waals surface area contributed by atoms with Gasteiger partial charge in [0, 0.05) is 12.6 Å². The van der Waals surface area contributed by atoms with Gasteiger partial charge in [0.25, 0.3) is 0 Å². The summed E-state index contributed by atoms with van der Waals surface area (Å²) < 4.78 is 0. The summed E-state index contributed by atoms with van der Waals surface area (Å²) in [5.41, 5.74) is 0. The summed E-state index contributed by atoms with van der Waals surface area (Å²) in [4.78, 5) is 2.71. The molecule has 0 saturated carbocycles. The van der Waals surface area contributed by atoms with E-state index in [1.54, 1.807) is 0 Å². The highest BCUT2D eigenvalue weighted by Gasteiger charge is 2.27. The lowest BCUT2D eigenvalue weighted by molar-refractivity contribution is 0.131. The van der Waals surface area contributed by atoms with Crippen molar-refractivity contribution in [1.82, 2.24) is 10.2 Å². The van der Waals surface area contributed by atoms with Crippen LogP contribution in [0.3, 0.4) is 0 Å². The number of piperidine rings is 1. The Balaban J connectivity index is 1.83. The molecular weight excluding hydrogens is 172 g/mol. The maximum atomic E-state index is 3.50. The minimum Gasteiger partial charge on any atom is -0.316 e. The maximum absolute atomic E-state index is 3.50. The molecule has 3 unspecified atom stereocenters. The minimum absolute atomic E-state index is 0.830. The standard InChI is InChI=1S/C12H24N2/c1-10-7-13-8-12(10)9-14-6-4-3-5-11(14)2/h10-13H,3-9H2,1-2H3. The summed E-state index contributed by atoms with van der Waals surface area (Å²) in [7, 11) is 0. The smallest absolute Gasteiger partial charge is 0.00670 e. The minimum atomic E-state index is 0.830. The Kier molecular flexibility index (Phi) is 3.45. The summed E-state index contributed by atoms with van der Waals surface area (Å²) in [6.45, 7) is 9.92. The van der Waals surface area contributed by atoms with Crippen LogP contribution in [-0.4, -0.2) is 37.1 Å². The van der Waals surface area contributed by atoms with E-state index >= 15 is 0 Å². The van der Waals surface area contributed by atoms with Crippen LogP contribution in [0.15, 0.2) is 0 Å². The van der Waals surface area contributed by atoms with Crippen LogP contribution < -0.4 is 5.32 Å². The van der Waals surface area contributed by atoms with E-state index in [9.17, 15) is 0 Å². The second-order valence-corrected chi connectivity index (χ2v) is 5.24. The zero-order valence-corrected chi connectivity index (χ0v) is 9.63. The lowest BCUT2D eigenvalue weighted by atomic mass is 9.95. The molecule has 2 aliphatic heterocycles. The van der Waals surface area contributed by atoms with Crippen LogP contribution in [0.5, 0.6) is 0 Å². The SMILES string of the molecule is CC1CNCC1CN1CCCCC1C. The van der Waals surface area contributed by atoms with E-state index in [2.05, 4.69) is 24.1 Å². The number of nitrogens with one attached hydrogen (secondary N) is 1. The van der Waals surface area contributed by atoms with Crippen molar-refractivity contribution in [2.75, 3.05) is 26.2 Å². The Morgan fingerprint density at radius 2 is 2.07 bits per heavy atom. The normalized spacial score (nSPS) is 40.3. The van der Waals surface area contributed by atoms with Gasteiger partial charge in [0.05, 0.1) is 0 Å². The van der Waals surface area contributed by atoms with Crippen molar-refractivity contribution in [1.29, 1.82) is 0 Å². The van der Waals surface area contributed by atoms with E-state index in [-0.39, 0.29) is 0 Å². The molecule has 1 N–H and O–H groups in total. The van der Waals surface area contributed by atoms with E-state index in [1.807, 2.05) is 0 Å². The van der Waals surface area contributed by atoms with Crippen molar-refractivity contribution in [2.45, 2.75) is 39.2 Å². The monoisotopic (exact) mass is 196 g/mol. The summed E-state index contributed by atoms with van der Waals surface area (Å²) in [5, 5.41) is 3.50.